The zero-order chi connectivity index (χ0) is 24.0. The van der Waals surface area contributed by atoms with Crippen molar-refractivity contribution in [1.29, 1.82) is 0 Å². The van der Waals surface area contributed by atoms with Gasteiger partial charge in [-0.1, -0.05) is 48.1 Å². The molecule has 0 saturated carbocycles. The summed E-state index contributed by atoms with van der Waals surface area (Å²) in [6, 6.07) is 16.7. The van der Waals surface area contributed by atoms with Crippen LogP contribution in [0.3, 0.4) is 0 Å². The average Bonchev–Trinajstić information content (AvgIpc) is 3.37. The molecule has 1 saturated heterocycles. The van der Waals surface area contributed by atoms with Crippen LogP contribution in [0.5, 0.6) is 0 Å². The zero-order valence-corrected chi connectivity index (χ0v) is 19.5. The number of carbonyl (C=O) groups excluding carboxylic acids is 2. The Morgan fingerprint density at radius 3 is 2.47 bits per heavy atom. The molecule has 1 aliphatic heterocycles. The lowest BCUT2D eigenvalue weighted by molar-refractivity contribution is -0.132. The van der Waals surface area contributed by atoms with Gasteiger partial charge in [0.2, 0.25) is 0 Å². The number of aliphatic hydroxyl groups is 1. The molecule has 0 radical (unpaired) electrons. The molecular formula is C26H18ClFN2O3S. The Morgan fingerprint density at radius 1 is 1.09 bits per heavy atom. The van der Waals surface area contributed by atoms with Crippen molar-refractivity contribution in [2.75, 3.05) is 4.90 Å². The predicted molar refractivity (Wildman–Crippen MR) is 132 cm³/mol. The Kier molecular flexibility index (Phi) is 5.67. The van der Waals surface area contributed by atoms with Crippen LogP contribution in [0.4, 0.5) is 9.52 Å². The number of aliphatic hydroxyl groups excluding tert-OH is 1. The number of amides is 1. The van der Waals surface area contributed by atoms with Crippen molar-refractivity contribution in [3.63, 3.8) is 0 Å². The topological polar surface area (TPSA) is 70.5 Å². The second-order valence-electron chi connectivity index (χ2n) is 7.88. The molecule has 34 heavy (non-hydrogen) atoms. The molecule has 170 valence electrons. The quantitative estimate of drug-likeness (QED) is 0.207. The zero-order valence-electron chi connectivity index (χ0n) is 18.0. The predicted octanol–water partition coefficient (Wildman–Crippen LogP) is 6.28. The molecule has 1 amide bonds. The Bertz CT molecular complexity index is 1460. The molecule has 4 aromatic rings. The van der Waals surface area contributed by atoms with Gasteiger partial charge in [0.05, 0.1) is 21.8 Å². The third-order valence-corrected chi connectivity index (χ3v) is 7.07. The normalized spacial score (nSPS) is 17.6. The highest BCUT2D eigenvalue weighted by Gasteiger charge is 2.48. The van der Waals surface area contributed by atoms with Crippen LogP contribution in [0.2, 0.25) is 5.02 Å². The highest BCUT2D eigenvalue weighted by molar-refractivity contribution is 7.22. The van der Waals surface area contributed by atoms with Crippen LogP contribution in [-0.2, 0) is 16.0 Å². The molecule has 0 aliphatic carbocycles. The molecule has 1 fully saturated rings. The summed E-state index contributed by atoms with van der Waals surface area (Å²) in [5.74, 6) is -2.43. The number of Topliss-reactive ketones (excluding diaryl/α,β-unsaturated/α-hetero) is 1. The Balaban J connectivity index is 1.71. The van der Waals surface area contributed by atoms with Crippen molar-refractivity contribution >= 4 is 55.7 Å². The van der Waals surface area contributed by atoms with Gasteiger partial charge in [-0.2, -0.15) is 0 Å². The molecular weight excluding hydrogens is 475 g/mol. The average molecular weight is 493 g/mol. The van der Waals surface area contributed by atoms with Gasteiger partial charge in [0.25, 0.3) is 5.78 Å². The summed E-state index contributed by atoms with van der Waals surface area (Å²) in [6.07, 6.45) is 0.852. The maximum absolute atomic E-state index is 13.7. The molecule has 5 rings (SSSR count). The molecule has 0 spiro atoms. The molecule has 1 atom stereocenters. The summed E-state index contributed by atoms with van der Waals surface area (Å²) in [7, 11) is 0. The first-order valence-corrected chi connectivity index (χ1v) is 11.8. The molecule has 8 heteroatoms. The van der Waals surface area contributed by atoms with Gasteiger partial charge in [-0.15, -0.1) is 0 Å². The number of anilines is 1. The van der Waals surface area contributed by atoms with Gasteiger partial charge in [0.15, 0.2) is 5.13 Å². The summed E-state index contributed by atoms with van der Waals surface area (Å²) >= 11 is 7.25. The largest absolute Gasteiger partial charge is 0.507 e. The number of nitrogens with zero attached hydrogens (tertiary/aromatic N) is 2. The maximum Gasteiger partial charge on any atom is 0.301 e. The van der Waals surface area contributed by atoms with E-state index in [2.05, 4.69) is 4.98 Å². The summed E-state index contributed by atoms with van der Waals surface area (Å²) in [6.45, 7) is 2.05. The first-order chi connectivity index (χ1) is 16.4. The number of benzene rings is 3. The third-order valence-electron chi connectivity index (χ3n) is 5.80. The number of fused-ring (bicyclic) bond motifs is 1. The second-order valence-corrected chi connectivity index (χ2v) is 9.33. The lowest BCUT2D eigenvalue weighted by Gasteiger charge is -2.23. The van der Waals surface area contributed by atoms with Crippen LogP contribution in [0.15, 0.2) is 72.3 Å². The number of ketones is 1. The molecule has 2 heterocycles. The van der Waals surface area contributed by atoms with Crippen molar-refractivity contribution in [3.8, 4) is 0 Å². The van der Waals surface area contributed by atoms with Gasteiger partial charge in [-0.05, 0) is 66.1 Å². The van der Waals surface area contributed by atoms with E-state index in [-0.39, 0.29) is 11.3 Å². The first-order valence-electron chi connectivity index (χ1n) is 10.6. The summed E-state index contributed by atoms with van der Waals surface area (Å²) in [5, 5.41) is 11.9. The number of aromatic nitrogens is 1. The number of hydrogen-bond acceptors (Lipinski definition) is 5. The molecule has 0 bridgehead atoms. The van der Waals surface area contributed by atoms with Crippen LogP contribution >= 0.6 is 22.9 Å². The molecule has 1 N–H and O–H groups in total. The molecule has 3 aromatic carbocycles. The van der Waals surface area contributed by atoms with Crippen LogP contribution in [-0.4, -0.2) is 21.8 Å². The summed E-state index contributed by atoms with van der Waals surface area (Å²) in [4.78, 5) is 32.4. The molecule has 1 aliphatic rings. The van der Waals surface area contributed by atoms with Crippen LogP contribution in [0.1, 0.15) is 29.7 Å². The van der Waals surface area contributed by atoms with Crippen molar-refractivity contribution in [1.82, 2.24) is 4.98 Å². The van der Waals surface area contributed by atoms with E-state index in [1.807, 2.05) is 25.1 Å². The maximum atomic E-state index is 13.7. The molecule has 0 unspecified atom stereocenters. The van der Waals surface area contributed by atoms with E-state index in [4.69, 9.17) is 11.6 Å². The Hall–Kier alpha value is -3.55. The van der Waals surface area contributed by atoms with Gasteiger partial charge in [0.1, 0.15) is 11.6 Å². The second kappa shape index (κ2) is 8.66. The lowest BCUT2D eigenvalue weighted by Crippen LogP contribution is -2.29. The van der Waals surface area contributed by atoms with E-state index >= 15 is 0 Å². The SMILES string of the molecule is CCc1ccc2nc(N3C(=O)C(=O)C(=C(O)c4ccc(Cl)cc4)[C@@H]3c3ccc(F)cc3)sc2c1. The number of thiazole rings is 1. The smallest absolute Gasteiger partial charge is 0.301 e. The van der Waals surface area contributed by atoms with Crippen molar-refractivity contribution in [2.45, 2.75) is 19.4 Å². The number of hydrogen-bond donors (Lipinski definition) is 1. The van der Waals surface area contributed by atoms with E-state index in [1.165, 1.54) is 40.5 Å². The summed E-state index contributed by atoms with van der Waals surface area (Å²) < 4.78 is 14.6. The van der Waals surface area contributed by atoms with Crippen LogP contribution < -0.4 is 4.90 Å². The van der Waals surface area contributed by atoms with E-state index in [0.717, 1.165) is 16.7 Å². The number of carbonyl (C=O) groups is 2. The van der Waals surface area contributed by atoms with E-state index < -0.39 is 23.5 Å². The van der Waals surface area contributed by atoms with E-state index in [1.54, 1.807) is 24.3 Å². The van der Waals surface area contributed by atoms with Gasteiger partial charge in [-0.25, -0.2) is 9.37 Å². The number of aryl methyl sites for hydroxylation is 1. The van der Waals surface area contributed by atoms with Crippen molar-refractivity contribution < 1.29 is 19.1 Å². The van der Waals surface area contributed by atoms with Gasteiger partial charge in [-0.3, -0.25) is 14.5 Å². The van der Waals surface area contributed by atoms with E-state index in [9.17, 15) is 19.1 Å². The minimum Gasteiger partial charge on any atom is -0.507 e. The fraction of sp³-hybridized carbons (Fsp3) is 0.115. The lowest BCUT2D eigenvalue weighted by atomic mass is 9.95. The van der Waals surface area contributed by atoms with Crippen molar-refractivity contribution in [3.05, 3.63) is 99.8 Å². The standard InChI is InChI=1S/C26H18ClFN2O3S/c1-2-14-3-12-19-20(13-14)34-26(29-19)30-22(15-6-10-18(28)11-7-15)21(24(32)25(30)33)23(31)16-4-8-17(27)9-5-16/h3-13,22,31H,2H2,1H3/t22-/m0/s1. The Morgan fingerprint density at radius 2 is 1.79 bits per heavy atom. The number of rotatable bonds is 4. The highest BCUT2D eigenvalue weighted by Crippen LogP contribution is 2.44. The van der Waals surface area contributed by atoms with Crippen molar-refractivity contribution in [2.24, 2.45) is 0 Å². The van der Waals surface area contributed by atoms with Gasteiger partial charge in [0, 0.05) is 10.6 Å². The minimum atomic E-state index is -0.970. The van der Waals surface area contributed by atoms with Crippen LogP contribution in [0.25, 0.3) is 16.0 Å². The molecule has 5 nitrogen and oxygen atoms in total. The number of halogens is 2. The fourth-order valence-electron chi connectivity index (χ4n) is 4.03. The third kappa shape index (κ3) is 3.77. The molecule has 1 aromatic heterocycles. The monoisotopic (exact) mass is 492 g/mol. The summed E-state index contributed by atoms with van der Waals surface area (Å²) in [5.41, 5.74) is 2.56. The fourth-order valence-corrected chi connectivity index (χ4v) is 5.22. The Labute approximate surface area is 203 Å². The van der Waals surface area contributed by atoms with Crippen LogP contribution in [0, 0.1) is 5.82 Å². The van der Waals surface area contributed by atoms with Gasteiger partial charge >= 0.3 is 5.91 Å². The minimum absolute atomic E-state index is 0.0903. The van der Waals surface area contributed by atoms with Gasteiger partial charge < -0.3 is 5.11 Å². The first kappa shape index (κ1) is 22.3. The highest BCUT2D eigenvalue weighted by atomic mass is 35.5. The van der Waals surface area contributed by atoms with E-state index in [0.29, 0.717) is 26.8 Å².